The zero-order valence-electron chi connectivity index (χ0n) is 36.4. The summed E-state index contributed by atoms with van der Waals surface area (Å²) in [5.74, 6) is -9.77. The molecule has 0 aromatic heterocycles. The zero-order chi connectivity index (χ0) is 44.6. The maximum Gasteiger partial charge on any atom is 0.340 e. The van der Waals surface area contributed by atoms with Gasteiger partial charge < -0.3 is 49.6 Å². The average Bonchev–Trinajstić information content (AvgIpc) is 3.20. The number of fused-ring (bicyclic) bond motifs is 4. The number of ketones is 2. The normalized spacial score (nSPS) is 42.3. The van der Waals surface area contributed by atoms with Crippen LogP contribution < -0.4 is 0 Å². The Kier molecular flexibility index (Phi) is 21.0. The Bertz CT molecular complexity index is 1400. The van der Waals surface area contributed by atoms with Crippen LogP contribution in [0.1, 0.15) is 131 Å². The van der Waals surface area contributed by atoms with Crippen LogP contribution in [0.25, 0.3) is 0 Å². The van der Waals surface area contributed by atoms with Crippen LogP contribution in [0.3, 0.4) is 0 Å². The third-order valence-electron chi connectivity index (χ3n) is 12.3. The molecule has 2 fully saturated rings. The average molecular weight is 849 g/mol. The van der Waals surface area contributed by atoms with Gasteiger partial charge in [-0.3, -0.25) is 9.59 Å². The number of allylic oxidation sites excluding steroid dienone is 8. The van der Waals surface area contributed by atoms with Crippen molar-refractivity contribution < 1.29 is 68.8 Å². The summed E-state index contributed by atoms with van der Waals surface area (Å²) < 4.78 is 22.7. The van der Waals surface area contributed by atoms with Crippen molar-refractivity contribution in [2.45, 2.75) is 192 Å². The molecule has 60 heavy (non-hydrogen) atoms. The SMILES string of the molecule is CC1CC/C=C\C=C\CCC(O)CC(=O)C(C)[C@@H]2CC[C@@H](C)[C@@](O)(O2)C(O)C(=O)OC(C)CC/C=C\C=C\CCC(O)CC(=O)C(C)[C@@H]2CC[C@@H](C)[C@@](O)(O2)C(O)C(=O)O1. The molecule has 0 aromatic carbocycles. The van der Waals surface area contributed by atoms with Gasteiger partial charge in [0.2, 0.25) is 23.8 Å². The number of carbonyl (C=O) groups is 4. The molecule has 6 N–H and O–H groups in total. The topological polar surface area (TPSA) is 227 Å². The largest absolute Gasteiger partial charge is 0.461 e. The fourth-order valence-electron chi connectivity index (χ4n) is 7.82. The summed E-state index contributed by atoms with van der Waals surface area (Å²) in [5.41, 5.74) is 0. The number of aliphatic hydroxyl groups is 6. The van der Waals surface area contributed by atoms with Crippen LogP contribution in [0, 0.1) is 23.7 Å². The van der Waals surface area contributed by atoms with Crippen molar-refractivity contribution in [1.29, 1.82) is 0 Å². The van der Waals surface area contributed by atoms with Crippen LogP contribution >= 0.6 is 0 Å². The first kappa shape index (κ1) is 51.3. The minimum Gasteiger partial charge on any atom is -0.461 e. The molecule has 3 aliphatic rings. The maximum atomic E-state index is 13.1. The Hall–Kier alpha value is -3.08. The molecule has 8 unspecified atom stereocenters. The second kappa shape index (κ2) is 24.5. The number of hydrogen-bond donors (Lipinski definition) is 6. The van der Waals surface area contributed by atoms with Gasteiger partial charge in [-0.15, -0.1) is 0 Å². The van der Waals surface area contributed by atoms with E-state index in [4.69, 9.17) is 18.9 Å². The molecule has 0 radical (unpaired) electrons. The van der Waals surface area contributed by atoms with E-state index in [9.17, 15) is 49.8 Å². The Balaban J connectivity index is 1.67. The first-order chi connectivity index (χ1) is 28.3. The molecule has 4 bridgehead atoms. The molecular formula is C46H72O14. The Morgan fingerprint density at radius 2 is 0.800 bits per heavy atom. The molecule has 14 nitrogen and oxygen atoms in total. The molecule has 2 saturated heterocycles. The van der Waals surface area contributed by atoms with Crippen LogP contribution in [0.15, 0.2) is 48.6 Å². The van der Waals surface area contributed by atoms with Gasteiger partial charge in [0.25, 0.3) is 0 Å². The lowest BCUT2D eigenvalue weighted by Gasteiger charge is -2.45. The van der Waals surface area contributed by atoms with Gasteiger partial charge in [0.15, 0.2) is 0 Å². The van der Waals surface area contributed by atoms with Crippen molar-refractivity contribution in [3.63, 3.8) is 0 Å². The zero-order valence-corrected chi connectivity index (χ0v) is 36.4. The minimum absolute atomic E-state index is 0.124. The predicted octanol–water partition coefficient (Wildman–Crippen LogP) is 4.85. The van der Waals surface area contributed by atoms with Gasteiger partial charge in [-0.05, 0) is 90.9 Å². The first-order valence-electron chi connectivity index (χ1n) is 21.9. The fourth-order valence-corrected chi connectivity index (χ4v) is 7.82. The molecule has 14 heteroatoms. The highest BCUT2D eigenvalue weighted by atomic mass is 16.7. The van der Waals surface area contributed by atoms with E-state index >= 15 is 0 Å². The summed E-state index contributed by atoms with van der Waals surface area (Å²) in [6.07, 6.45) is 11.1. The van der Waals surface area contributed by atoms with E-state index in [-0.39, 0.29) is 24.4 Å². The van der Waals surface area contributed by atoms with Crippen LogP contribution in [0.2, 0.25) is 0 Å². The van der Waals surface area contributed by atoms with Crippen LogP contribution in [0.4, 0.5) is 0 Å². The van der Waals surface area contributed by atoms with E-state index in [1.165, 1.54) is 0 Å². The molecule has 340 valence electrons. The van der Waals surface area contributed by atoms with E-state index in [0.29, 0.717) is 77.0 Å². The molecule has 3 aliphatic heterocycles. The molecule has 3 heterocycles. The van der Waals surface area contributed by atoms with Crippen molar-refractivity contribution in [2.24, 2.45) is 23.7 Å². The van der Waals surface area contributed by atoms with Gasteiger partial charge in [-0.2, -0.15) is 0 Å². The number of aliphatic hydroxyl groups excluding tert-OH is 4. The summed E-state index contributed by atoms with van der Waals surface area (Å²) in [6, 6.07) is 0. The number of ether oxygens (including phenoxy) is 4. The lowest BCUT2D eigenvalue weighted by molar-refractivity contribution is -0.322. The summed E-state index contributed by atoms with van der Waals surface area (Å²) in [4.78, 5) is 52.2. The number of cyclic esters (lactones) is 2. The molecule has 0 saturated carbocycles. The standard InChI is InChI=1S/C46H72O14/c1-29-23-25-39-33(5)37(49)27-35(47)21-17-13-10-8-12-16-20-32(4)58-44(54)42(52)46(56)30(2)24-26-40(60-46)34(6)38(50)28-36(48)22-18-14-9-7-11-15-19-31(3)57-43(53)41(51)45(29,55)59-39/h7-14,29-36,39-42,47-48,51-52,55-56H,15-28H2,1-6H3/b11-7-,12-8-,13-10+,14-9+/t29-,30-,31?,32?,33?,34?,35?,36?,39+,40+,41?,42?,45-,46-/m1/s1. The summed E-state index contributed by atoms with van der Waals surface area (Å²) >= 11 is 0. The molecule has 0 aliphatic carbocycles. The second-order valence-electron chi connectivity index (χ2n) is 17.3. The van der Waals surface area contributed by atoms with E-state index in [2.05, 4.69) is 0 Å². The summed E-state index contributed by atoms with van der Waals surface area (Å²) in [5, 5.41) is 66.0. The Morgan fingerprint density at radius 3 is 1.13 bits per heavy atom. The van der Waals surface area contributed by atoms with Crippen LogP contribution in [-0.4, -0.2) is 115 Å². The highest BCUT2D eigenvalue weighted by molar-refractivity contribution is 5.82. The van der Waals surface area contributed by atoms with Gasteiger partial charge in [-0.1, -0.05) is 76.3 Å². The Morgan fingerprint density at radius 1 is 0.483 bits per heavy atom. The monoisotopic (exact) mass is 848 g/mol. The van der Waals surface area contributed by atoms with Gasteiger partial charge >= 0.3 is 11.9 Å². The Labute approximate surface area is 355 Å². The minimum atomic E-state index is -2.26. The molecule has 0 spiro atoms. The number of carbonyl (C=O) groups excluding carboxylic acids is 4. The van der Waals surface area contributed by atoms with Crippen molar-refractivity contribution in [2.75, 3.05) is 0 Å². The number of hydrogen-bond acceptors (Lipinski definition) is 14. The molecular weight excluding hydrogens is 776 g/mol. The smallest absolute Gasteiger partial charge is 0.340 e. The van der Waals surface area contributed by atoms with Gasteiger partial charge in [0.05, 0.1) is 36.6 Å². The third-order valence-corrected chi connectivity index (χ3v) is 12.3. The van der Waals surface area contributed by atoms with Crippen molar-refractivity contribution in [3.8, 4) is 0 Å². The predicted molar refractivity (Wildman–Crippen MR) is 223 cm³/mol. The maximum absolute atomic E-state index is 13.1. The molecule has 3 rings (SSSR count). The van der Waals surface area contributed by atoms with Crippen LogP contribution in [-0.2, 0) is 38.1 Å². The van der Waals surface area contributed by atoms with Gasteiger partial charge in [0, 0.05) is 36.5 Å². The van der Waals surface area contributed by atoms with Crippen molar-refractivity contribution >= 4 is 23.5 Å². The van der Waals surface area contributed by atoms with Crippen LogP contribution in [0.5, 0.6) is 0 Å². The number of Topliss-reactive ketones (excluding diaryl/α,β-unsaturated/α-hetero) is 2. The van der Waals surface area contributed by atoms with E-state index in [0.717, 1.165) is 0 Å². The number of esters is 2. The quantitative estimate of drug-likeness (QED) is 0.179. The van der Waals surface area contributed by atoms with E-state index in [1.54, 1.807) is 53.7 Å². The summed E-state index contributed by atoms with van der Waals surface area (Å²) in [7, 11) is 0. The highest BCUT2D eigenvalue weighted by Gasteiger charge is 2.53. The fraction of sp³-hybridized carbons (Fsp3) is 0.739. The molecule has 0 amide bonds. The van der Waals surface area contributed by atoms with Gasteiger partial charge in [0.1, 0.15) is 11.6 Å². The van der Waals surface area contributed by atoms with Crippen molar-refractivity contribution in [1.82, 2.24) is 0 Å². The number of rotatable bonds is 0. The second-order valence-corrected chi connectivity index (χ2v) is 17.3. The summed E-state index contributed by atoms with van der Waals surface area (Å²) in [6.45, 7) is 9.96. The first-order valence-corrected chi connectivity index (χ1v) is 21.9. The lowest BCUT2D eigenvalue weighted by Crippen LogP contribution is -2.59. The van der Waals surface area contributed by atoms with Crippen molar-refractivity contribution in [3.05, 3.63) is 48.6 Å². The van der Waals surface area contributed by atoms with E-state index < -0.39 is 96.0 Å². The highest BCUT2D eigenvalue weighted by Crippen LogP contribution is 2.39. The van der Waals surface area contributed by atoms with E-state index in [1.807, 2.05) is 36.5 Å². The van der Waals surface area contributed by atoms with Gasteiger partial charge in [-0.25, -0.2) is 9.59 Å². The molecule has 0 aromatic rings. The lowest BCUT2D eigenvalue weighted by atomic mass is 9.82. The molecule has 14 atom stereocenters. The third kappa shape index (κ3) is 15.1.